The summed E-state index contributed by atoms with van der Waals surface area (Å²) >= 11 is 0. The number of hydrogen-bond donors (Lipinski definition) is 1. The Hall–Kier alpha value is -1.97. The van der Waals surface area contributed by atoms with Crippen molar-refractivity contribution in [3.63, 3.8) is 0 Å². The molecule has 0 fully saturated rings. The van der Waals surface area contributed by atoms with Gasteiger partial charge in [0.1, 0.15) is 11.6 Å². The van der Waals surface area contributed by atoms with Crippen molar-refractivity contribution in [3.05, 3.63) is 59.9 Å². The molecule has 1 N–H and O–H groups in total. The Morgan fingerprint density at radius 3 is 2.69 bits per heavy atom. The molecule has 0 bridgehead atoms. The molecule has 2 aromatic rings. The first-order chi connectivity index (χ1) is 7.74. The van der Waals surface area contributed by atoms with Gasteiger partial charge in [-0.3, -0.25) is 4.98 Å². The highest BCUT2D eigenvalue weighted by molar-refractivity contribution is 5.43. The predicted molar refractivity (Wildman–Crippen MR) is 57.9 cm³/mol. The number of hydrogen-bond acceptors (Lipinski definition) is 2. The largest absolute Gasteiger partial charge is 0.381 e. The van der Waals surface area contributed by atoms with Gasteiger partial charge in [0.25, 0.3) is 0 Å². The van der Waals surface area contributed by atoms with Gasteiger partial charge in [0.15, 0.2) is 0 Å². The fraction of sp³-hybridized carbons (Fsp3) is 0.0833. The van der Waals surface area contributed by atoms with Gasteiger partial charge in [-0.05, 0) is 29.8 Å². The van der Waals surface area contributed by atoms with E-state index in [1.165, 1.54) is 18.2 Å². The van der Waals surface area contributed by atoms with Crippen LogP contribution in [0.5, 0.6) is 0 Å². The van der Waals surface area contributed by atoms with E-state index in [2.05, 4.69) is 10.3 Å². The lowest BCUT2D eigenvalue weighted by Crippen LogP contribution is -2.00. The molecule has 16 heavy (non-hydrogen) atoms. The number of aromatic nitrogens is 1. The van der Waals surface area contributed by atoms with E-state index in [9.17, 15) is 8.78 Å². The van der Waals surface area contributed by atoms with Crippen LogP contribution < -0.4 is 5.32 Å². The normalized spacial score (nSPS) is 10.1. The smallest absolute Gasteiger partial charge is 0.141 e. The number of halogens is 2. The minimum absolute atomic E-state index is 0.303. The number of benzene rings is 1. The number of pyridine rings is 1. The van der Waals surface area contributed by atoms with Crippen molar-refractivity contribution < 1.29 is 8.78 Å². The minimum atomic E-state index is -0.376. The molecule has 0 aliphatic heterocycles. The number of nitrogens with one attached hydrogen (secondary N) is 1. The third-order valence-corrected chi connectivity index (χ3v) is 2.08. The predicted octanol–water partition coefficient (Wildman–Crippen LogP) is 2.97. The molecule has 1 aromatic heterocycles. The number of anilines is 1. The zero-order valence-corrected chi connectivity index (χ0v) is 8.45. The van der Waals surface area contributed by atoms with Crippen molar-refractivity contribution >= 4 is 5.69 Å². The van der Waals surface area contributed by atoms with E-state index in [0.717, 1.165) is 6.20 Å². The topological polar surface area (TPSA) is 24.9 Å². The van der Waals surface area contributed by atoms with Crippen LogP contribution in [-0.2, 0) is 6.54 Å². The zero-order chi connectivity index (χ0) is 11.4. The van der Waals surface area contributed by atoms with Crippen molar-refractivity contribution in [2.24, 2.45) is 0 Å². The molecule has 0 atom stereocenters. The molecule has 2 nitrogen and oxygen atoms in total. The van der Waals surface area contributed by atoms with Crippen LogP contribution in [0.3, 0.4) is 0 Å². The van der Waals surface area contributed by atoms with Gasteiger partial charge in [0.2, 0.25) is 0 Å². The van der Waals surface area contributed by atoms with E-state index in [0.29, 0.717) is 17.8 Å². The van der Waals surface area contributed by atoms with Crippen LogP contribution in [-0.4, -0.2) is 4.98 Å². The van der Waals surface area contributed by atoms with Crippen LogP contribution in [0.4, 0.5) is 14.5 Å². The maximum atomic E-state index is 12.8. The van der Waals surface area contributed by atoms with Gasteiger partial charge in [0.05, 0.1) is 6.20 Å². The summed E-state index contributed by atoms with van der Waals surface area (Å²) in [4.78, 5) is 3.72. The second-order valence-corrected chi connectivity index (χ2v) is 3.38. The van der Waals surface area contributed by atoms with Crippen molar-refractivity contribution in [2.75, 3.05) is 5.32 Å². The summed E-state index contributed by atoms with van der Waals surface area (Å²) in [5.74, 6) is -0.680. The van der Waals surface area contributed by atoms with Crippen molar-refractivity contribution in [2.45, 2.75) is 6.54 Å². The fourth-order valence-corrected chi connectivity index (χ4v) is 1.36. The first-order valence-electron chi connectivity index (χ1n) is 4.83. The molecule has 0 amide bonds. The van der Waals surface area contributed by atoms with E-state index in [1.807, 2.05) is 0 Å². The van der Waals surface area contributed by atoms with Crippen LogP contribution in [0.2, 0.25) is 0 Å². The van der Waals surface area contributed by atoms with Crippen molar-refractivity contribution in [1.82, 2.24) is 4.98 Å². The van der Waals surface area contributed by atoms with Gasteiger partial charge in [-0.1, -0.05) is 6.07 Å². The third-order valence-electron chi connectivity index (χ3n) is 2.08. The second-order valence-electron chi connectivity index (χ2n) is 3.38. The van der Waals surface area contributed by atoms with Gasteiger partial charge >= 0.3 is 0 Å². The lowest BCUT2D eigenvalue weighted by molar-refractivity contribution is 0.618. The van der Waals surface area contributed by atoms with Crippen LogP contribution in [0.15, 0.2) is 42.7 Å². The maximum Gasteiger partial charge on any atom is 0.141 e. The van der Waals surface area contributed by atoms with E-state index in [-0.39, 0.29) is 11.6 Å². The first-order valence-corrected chi connectivity index (χ1v) is 4.83. The number of nitrogens with zero attached hydrogens (tertiary/aromatic N) is 1. The molecule has 2 rings (SSSR count). The molecule has 4 heteroatoms. The van der Waals surface area contributed by atoms with Gasteiger partial charge < -0.3 is 5.32 Å². The molecule has 0 spiro atoms. The van der Waals surface area contributed by atoms with Crippen LogP contribution >= 0.6 is 0 Å². The van der Waals surface area contributed by atoms with Crippen LogP contribution in [0, 0.1) is 11.6 Å². The van der Waals surface area contributed by atoms with E-state index in [4.69, 9.17) is 0 Å². The SMILES string of the molecule is Fc1cncc(CNc2cccc(F)c2)c1. The van der Waals surface area contributed by atoms with Crippen LogP contribution in [0.25, 0.3) is 0 Å². The quantitative estimate of drug-likeness (QED) is 0.860. The van der Waals surface area contributed by atoms with Gasteiger partial charge in [-0.2, -0.15) is 0 Å². The highest BCUT2D eigenvalue weighted by atomic mass is 19.1. The summed E-state index contributed by atoms with van der Waals surface area (Å²) in [6, 6.07) is 7.50. The number of rotatable bonds is 3. The van der Waals surface area contributed by atoms with Gasteiger partial charge in [0, 0.05) is 18.4 Å². The molecule has 82 valence electrons. The summed E-state index contributed by atoms with van der Waals surface area (Å²) in [6.07, 6.45) is 2.71. The maximum absolute atomic E-state index is 12.8. The molecule has 1 aromatic carbocycles. The lowest BCUT2D eigenvalue weighted by atomic mass is 10.2. The highest BCUT2D eigenvalue weighted by Crippen LogP contribution is 2.11. The molecular formula is C12H10F2N2. The molecule has 0 saturated carbocycles. The summed E-state index contributed by atoms with van der Waals surface area (Å²) < 4.78 is 25.7. The summed E-state index contributed by atoms with van der Waals surface area (Å²) in [7, 11) is 0. The Kier molecular flexibility index (Phi) is 3.10. The van der Waals surface area contributed by atoms with Crippen LogP contribution in [0.1, 0.15) is 5.56 Å². The zero-order valence-electron chi connectivity index (χ0n) is 8.45. The molecule has 0 aliphatic rings. The van der Waals surface area contributed by atoms with E-state index >= 15 is 0 Å². The Balaban J connectivity index is 2.02. The summed E-state index contributed by atoms with van der Waals surface area (Å²) in [6.45, 7) is 0.411. The van der Waals surface area contributed by atoms with Gasteiger partial charge in [-0.15, -0.1) is 0 Å². The average molecular weight is 220 g/mol. The molecule has 0 unspecified atom stereocenters. The highest BCUT2D eigenvalue weighted by Gasteiger charge is 1.97. The van der Waals surface area contributed by atoms with E-state index < -0.39 is 0 Å². The van der Waals surface area contributed by atoms with E-state index in [1.54, 1.807) is 18.3 Å². The summed E-state index contributed by atoms with van der Waals surface area (Å²) in [5.41, 5.74) is 1.37. The summed E-state index contributed by atoms with van der Waals surface area (Å²) in [5, 5.41) is 2.98. The third kappa shape index (κ3) is 2.76. The minimum Gasteiger partial charge on any atom is -0.381 e. The Morgan fingerprint density at radius 2 is 1.94 bits per heavy atom. The Labute approximate surface area is 92.0 Å². The first kappa shape index (κ1) is 10.5. The molecule has 0 aliphatic carbocycles. The standard InChI is InChI=1S/C12H10F2N2/c13-10-2-1-3-12(5-10)16-7-9-4-11(14)8-15-6-9/h1-6,8,16H,7H2. The lowest BCUT2D eigenvalue weighted by Gasteiger charge is -2.05. The molecule has 0 radical (unpaired) electrons. The monoisotopic (exact) mass is 220 g/mol. The average Bonchev–Trinajstić information content (AvgIpc) is 2.27. The Bertz CT molecular complexity index is 440. The Morgan fingerprint density at radius 1 is 1.06 bits per heavy atom. The molecule has 1 heterocycles. The van der Waals surface area contributed by atoms with Crippen molar-refractivity contribution in [1.29, 1.82) is 0 Å². The fourth-order valence-electron chi connectivity index (χ4n) is 1.36. The van der Waals surface area contributed by atoms with Crippen molar-refractivity contribution in [3.8, 4) is 0 Å². The molecule has 0 saturated heterocycles. The van der Waals surface area contributed by atoms with Gasteiger partial charge in [-0.25, -0.2) is 8.78 Å². The second kappa shape index (κ2) is 4.70. The molecular weight excluding hydrogens is 210 g/mol.